The number of carbonyl (C=O) groups is 2. The zero-order valence-electron chi connectivity index (χ0n) is 16.5. The van der Waals surface area contributed by atoms with Crippen LogP contribution in [0.5, 0.6) is 5.75 Å². The molecule has 0 aliphatic heterocycles. The molecular weight excluding hydrogens is 360 g/mol. The molecule has 7 nitrogen and oxygen atoms in total. The Morgan fingerprint density at radius 3 is 2.36 bits per heavy atom. The molecule has 1 aromatic carbocycles. The van der Waals surface area contributed by atoms with Gasteiger partial charge in [0.05, 0.1) is 14.2 Å². The van der Waals surface area contributed by atoms with E-state index in [0.29, 0.717) is 5.56 Å². The third-order valence-corrected chi connectivity index (χ3v) is 4.26. The van der Waals surface area contributed by atoms with Crippen molar-refractivity contribution in [3.63, 3.8) is 0 Å². The molecule has 0 bridgehead atoms. The Morgan fingerprint density at radius 2 is 1.82 bits per heavy atom. The number of esters is 2. The Hall–Kier alpha value is -3.53. The van der Waals surface area contributed by atoms with Crippen LogP contribution in [0.2, 0.25) is 0 Å². The molecule has 0 amide bonds. The van der Waals surface area contributed by atoms with Gasteiger partial charge < -0.3 is 18.8 Å². The van der Waals surface area contributed by atoms with Gasteiger partial charge in [-0.05, 0) is 62.7 Å². The number of nitriles is 1. The van der Waals surface area contributed by atoms with Gasteiger partial charge in [0.2, 0.25) is 0 Å². The van der Waals surface area contributed by atoms with E-state index in [2.05, 4.69) is 4.74 Å². The molecule has 7 heteroatoms. The number of hydrogen-bond acceptors (Lipinski definition) is 6. The van der Waals surface area contributed by atoms with Crippen molar-refractivity contribution in [2.45, 2.75) is 26.9 Å². The lowest BCUT2D eigenvalue weighted by Gasteiger charge is -2.11. The first kappa shape index (κ1) is 20.8. The average Bonchev–Trinajstić information content (AvgIpc) is 2.98. The highest BCUT2D eigenvalue weighted by molar-refractivity contribution is 5.99. The molecule has 1 heterocycles. The highest BCUT2D eigenvalue weighted by Crippen LogP contribution is 2.24. The molecule has 0 radical (unpaired) electrons. The Bertz CT molecular complexity index is 948. The van der Waals surface area contributed by atoms with E-state index in [1.165, 1.54) is 20.1 Å². The summed E-state index contributed by atoms with van der Waals surface area (Å²) in [5.74, 6) is -0.821. The number of ether oxygens (including phenoxy) is 3. The highest BCUT2D eigenvalue weighted by Gasteiger charge is 2.21. The topological polar surface area (TPSA) is 90.5 Å². The Kier molecular flexibility index (Phi) is 6.61. The molecular formula is C21H22N2O5. The summed E-state index contributed by atoms with van der Waals surface area (Å²) in [5, 5.41) is 9.35. The Morgan fingerprint density at radius 1 is 1.18 bits per heavy atom. The lowest BCUT2D eigenvalue weighted by atomic mass is 10.1. The first-order valence-corrected chi connectivity index (χ1v) is 8.56. The largest absolute Gasteiger partial charge is 0.497 e. The van der Waals surface area contributed by atoms with E-state index < -0.39 is 18.0 Å². The van der Waals surface area contributed by atoms with Gasteiger partial charge in [-0.3, -0.25) is 0 Å². The molecule has 0 aliphatic rings. The van der Waals surface area contributed by atoms with Crippen molar-refractivity contribution >= 4 is 18.0 Å². The van der Waals surface area contributed by atoms with Crippen LogP contribution in [0.25, 0.3) is 11.8 Å². The van der Waals surface area contributed by atoms with Crippen molar-refractivity contribution in [3.8, 4) is 17.5 Å². The van der Waals surface area contributed by atoms with Crippen molar-refractivity contribution in [2.75, 3.05) is 14.2 Å². The molecule has 2 rings (SSSR count). The normalized spacial score (nSPS) is 12.1. The van der Waals surface area contributed by atoms with Gasteiger partial charge in [-0.15, -0.1) is 0 Å². The SMILES string of the molecule is COC(=O)C(C)OC(=O)/C(C#N)=C/c1cc(C)n(-c2ccc(OC)cc2)c1C. The van der Waals surface area contributed by atoms with Crippen LogP contribution in [-0.4, -0.2) is 36.8 Å². The molecule has 0 N–H and O–H groups in total. The zero-order chi connectivity index (χ0) is 20.8. The molecule has 0 saturated heterocycles. The molecule has 28 heavy (non-hydrogen) atoms. The van der Waals surface area contributed by atoms with Crippen LogP contribution >= 0.6 is 0 Å². The van der Waals surface area contributed by atoms with Gasteiger partial charge in [0.25, 0.3) is 0 Å². The maximum atomic E-state index is 12.2. The first-order chi connectivity index (χ1) is 13.3. The van der Waals surface area contributed by atoms with E-state index >= 15 is 0 Å². The number of nitrogens with zero attached hydrogens (tertiary/aromatic N) is 2. The lowest BCUT2D eigenvalue weighted by Crippen LogP contribution is -2.25. The van der Waals surface area contributed by atoms with E-state index in [0.717, 1.165) is 22.8 Å². The molecule has 1 atom stereocenters. The summed E-state index contributed by atoms with van der Waals surface area (Å²) in [6.07, 6.45) is 0.357. The summed E-state index contributed by atoms with van der Waals surface area (Å²) in [7, 11) is 2.80. The Labute approximate surface area is 163 Å². The zero-order valence-corrected chi connectivity index (χ0v) is 16.5. The monoisotopic (exact) mass is 382 g/mol. The van der Waals surface area contributed by atoms with Crippen LogP contribution in [0.4, 0.5) is 0 Å². The lowest BCUT2D eigenvalue weighted by molar-refractivity contribution is -0.161. The molecule has 0 fully saturated rings. The fraction of sp³-hybridized carbons (Fsp3) is 0.286. The minimum absolute atomic E-state index is 0.203. The average molecular weight is 382 g/mol. The van der Waals surface area contributed by atoms with E-state index in [-0.39, 0.29) is 5.57 Å². The van der Waals surface area contributed by atoms with Crippen LogP contribution < -0.4 is 4.74 Å². The molecule has 0 spiro atoms. The van der Waals surface area contributed by atoms with E-state index in [9.17, 15) is 14.9 Å². The maximum Gasteiger partial charge on any atom is 0.349 e. The minimum atomic E-state index is -1.10. The van der Waals surface area contributed by atoms with E-state index in [1.54, 1.807) is 7.11 Å². The standard InChI is InChI=1S/C21H22N2O5/c1-13-10-16(11-17(12-22)21(25)28-15(3)20(24)27-5)14(2)23(13)18-6-8-19(26-4)9-7-18/h6-11,15H,1-5H3/b17-11+. The molecule has 0 aliphatic carbocycles. The molecule has 1 aromatic heterocycles. The summed E-state index contributed by atoms with van der Waals surface area (Å²) in [5.41, 5.74) is 3.21. The van der Waals surface area contributed by atoms with Gasteiger partial charge in [-0.25, -0.2) is 9.59 Å². The van der Waals surface area contributed by atoms with Crippen LogP contribution in [0, 0.1) is 25.2 Å². The molecule has 2 aromatic rings. The summed E-state index contributed by atoms with van der Waals surface area (Å²) >= 11 is 0. The second-order valence-corrected chi connectivity index (χ2v) is 6.10. The van der Waals surface area contributed by atoms with Crippen molar-refractivity contribution in [2.24, 2.45) is 0 Å². The predicted molar refractivity (Wildman–Crippen MR) is 103 cm³/mol. The maximum absolute atomic E-state index is 12.2. The number of aryl methyl sites for hydroxylation is 1. The van der Waals surface area contributed by atoms with E-state index in [1.807, 2.05) is 54.8 Å². The van der Waals surface area contributed by atoms with Crippen LogP contribution in [-0.2, 0) is 19.1 Å². The van der Waals surface area contributed by atoms with Gasteiger partial charge >= 0.3 is 11.9 Å². The van der Waals surface area contributed by atoms with Crippen molar-refractivity contribution < 1.29 is 23.8 Å². The minimum Gasteiger partial charge on any atom is -0.497 e. The molecule has 146 valence electrons. The summed E-state index contributed by atoms with van der Waals surface area (Å²) in [6.45, 7) is 5.20. The van der Waals surface area contributed by atoms with Crippen molar-refractivity contribution in [3.05, 3.63) is 52.9 Å². The molecule has 0 saturated carbocycles. The number of rotatable bonds is 6. The van der Waals surface area contributed by atoms with Crippen molar-refractivity contribution in [1.29, 1.82) is 5.26 Å². The second-order valence-electron chi connectivity index (χ2n) is 6.10. The fourth-order valence-electron chi connectivity index (χ4n) is 2.79. The Balaban J connectivity index is 2.35. The van der Waals surface area contributed by atoms with Gasteiger partial charge in [-0.2, -0.15) is 5.26 Å². The highest BCUT2D eigenvalue weighted by atomic mass is 16.6. The number of hydrogen-bond donors (Lipinski definition) is 0. The third kappa shape index (κ3) is 4.41. The summed E-state index contributed by atoms with van der Waals surface area (Å²) in [6, 6.07) is 11.3. The van der Waals surface area contributed by atoms with E-state index in [4.69, 9.17) is 9.47 Å². The number of carbonyl (C=O) groups excluding carboxylic acids is 2. The second kappa shape index (κ2) is 8.91. The van der Waals surface area contributed by atoms with Crippen LogP contribution in [0.1, 0.15) is 23.9 Å². The number of benzene rings is 1. The summed E-state index contributed by atoms with van der Waals surface area (Å²) in [4.78, 5) is 23.6. The van der Waals surface area contributed by atoms with Gasteiger partial charge in [0, 0.05) is 17.1 Å². The quantitative estimate of drug-likeness (QED) is 0.433. The van der Waals surface area contributed by atoms with Crippen LogP contribution in [0.3, 0.4) is 0 Å². The first-order valence-electron chi connectivity index (χ1n) is 8.56. The predicted octanol–water partition coefficient (Wildman–Crippen LogP) is 3.11. The fourth-order valence-corrected chi connectivity index (χ4v) is 2.79. The number of aromatic nitrogens is 1. The molecule has 1 unspecified atom stereocenters. The van der Waals surface area contributed by atoms with Gasteiger partial charge in [-0.1, -0.05) is 0 Å². The summed E-state index contributed by atoms with van der Waals surface area (Å²) < 4.78 is 16.7. The van der Waals surface area contributed by atoms with Crippen LogP contribution in [0.15, 0.2) is 35.9 Å². The van der Waals surface area contributed by atoms with Crippen molar-refractivity contribution in [1.82, 2.24) is 4.57 Å². The van der Waals surface area contributed by atoms with Gasteiger partial charge in [0.15, 0.2) is 6.10 Å². The van der Waals surface area contributed by atoms with Gasteiger partial charge in [0.1, 0.15) is 17.4 Å². The number of methoxy groups -OCH3 is 2. The third-order valence-electron chi connectivity index (χ3n) is 4.26. The smallest absolute Gasteiger partial charge is 0.349 e.